The first-order valence-electron chi connectivity index (χ1n) is 5.35. The van der Waals surface area contributed by atoms with E-state index in [0.717, 1.165) is 10.7 Å². The van der Waals surface area contributed by atoms with Crippen LogP contribution in [-0.4, -0.2) is 32.1 Å². The Balaban J connectivity index is 0.000000921. The van der Waals surface area contributed by atoms with Crippen LogP contribution in [0.15, 0.2) is 9.81 Å². The standard InChI is InChI=1S/C8H15NO2S2.C2H6/c1-4-8-7(12-5-2)6-9(3)13(8,10)11;1-2/h4-6H2,1-3H3;1-2H3. The molecule has 0 aromatic rings. The number of nitrogens with zero attached hydrogens (tertiary/aromatic N) is 1. The minimum absolute atomic E-state index is 0.560. The molecule has 0 fully saturated rings. The van der Waals surface area contributed by atoms with Crippen molar-refractivity contribution >= 4 is 21.8 Å². The summed E-state index contributed by atoms with van der Waals surface area (Å²) in [7, 11) is -1.46. The molecule has 0 radical (unpaired) electrons. The van der Waals surface area contributed by atoms with Crippen molar-refractivity contribution in [3.8, 4) is 0 Å². The van der Waals surface area contributed by atoms with Crippen molar-refractivity contribution in [2.45, 2.75) is 34.1 Å². The molecule has 15 heavy (non-hydrogen) atoms. The highest BCUT2D eigenvalue weighted by Gasteiger charge is 2.32. The van der Waals surface area contributed by atoms with Crippen molar-refractivity contribution in [3.05, 3.63) is 9.81 Å². The fourth-order valence-electron chi connectivity index (χ4n) is 1.39. The number of likely N-dealkylation sites (N-methyl/N-ethyl adjacent to an activating group) is 1. The first-order chi connectivity index (χ1) is 7.04. The van der Waals surface area contributed by atoms with Gasteiger partial charge in [0.2, 0.25) is 10.0 Å². The van der Waals surface area contributed by atoms with Gasteiger partial charge in [-0.05, 0) is 12.2 Å². The molecule has 0 spiro atoms. The van der Waals surface area contributed by atoms with E-state index in [2.05, 4.69) is 0 Å². The van der Waals surface area contributed by atoms with E-state index in [-0.39, 0.29) is 0 Å². The molecule has 1 rings (SSSR count). The SMILES string of the molecule is CC.CCSC1=C(CC)S(=O)(=O)N(C)C1. The van der Waals surface area contributed by atoms with Gasteiger partial charge in [0.1, 0.15) is 0 Å². The second-order valence-electron chi connectivity index (χ2n) is 2.89. The molecule has 0 unspecified atom stereocenters. The van der Waals surface area contributed by atoms with Crippen LogP contribution in [-0.2, 0) is 10.0 Å². The second-order valence-corrected chi connectivity index (χ2v) is 6.32. The summed E-state index contributed by atoms with van der Waals surface area (Å²) < 4.78 is 24.7. The zero-order valence-corrected chi connectivity index (χ0v) is 11.8. The molecule has 90 valence electrons. The molecule has 0 saturated heterocycles. The lowest BCUT2D eigenvalue weighted by Gasteiger charge is -2.07. The maximum absolute atomic E-state index is 11.7. The monoisotopic (exact) mass is 251 g/mol. The smallest absolute Gasteiger partial charge is 0.207 e. The van der Waals surface area contributed by atoms with Gasteiger partial charge in [-0.1, -0.05) is 27.7 Å². The fourth-order valence-corrected chi connectivity index (χ4v) is 4.29. The molecule has 0 bridgehead atoms. The molecular weight excluding hydrogens is 230 g/mol. The normalized spacial score (nSPS) is 20.1. The van der Waals surface area contributed by atoms with Crippen LogP contribution >= 0.6 is 11.8 Å². The molecule has 5 heteroatoms. The van der Waals surface area contributed by atoms with Crippen LogP contribution in [0.3, 0.4) is 0 Å². The molecular formula is C10H21NO2S2. The van der Waals surface area contributed by atoms with Crippen LogP contribution in [0.25, 0.3) is 0 Å². The number of sulfonamides is 1. The number of rotatable bonds is 3. The van der Waals surface area contributed by atoms with Gasteiger partial charge >= 0.3 is 0 Å². The van der Waals surface area contributed by atoms with E-state index in [1.165, 1.54) is 4.31 Å². The molecule has 0 N–H and O–H groups in total. The Morgan fingerprint density at radius 1 is 1.33 bits per heavy atom. The number of allylic oxidation sites excluding steroid dienone is 1. The van der Waals surface area contributed by atoms with Crippen molar-refractivity contribution in [2.75, 3.05) is 19.3 Å². The van der Waals surface area contributed by atoms with Crippen LogP contribution < -0.4 is 0 Å². The average molecular weight is 251 g/mol. The molecule has 0 aromatic heterocycles. The Morgan fingerprint density at radius 3 is 2.27 bits per heavy atom. The Labute approximate surface area is 98.0 Å². The molecule has 0 aromatic carbocycles. The lowest BCUT2D eigenvalue weighted by molar-refractivity contribution is 0.515. The summed E-state index contributed by atoms with van der Waals surface area (Å²) in [6.07, 6.45) is 0.606. The van der Waals surface area contributed by atoms with Gasteiger partial charge in [0.25, 0.3) is 0 Å². The van der Waals surface area contributed by atoms with Gasteiger partial charge in [0, 0.05) is 18.5 Å². The Morgan fingerprint density at radius 2 is 1.87 bits per heavy atom. The third-order valence-electron chi connectivity index (χ3n) is 2.04. The van der Waals surface area contributed by atoms with Crippen LogP contribution in [0.2, 0.25) is 0 Å². The van der Waals surface area contributed by atoms with Crippen LogP contribution in [0.1, 0.15) is 34.1 Å². The van der Waals surface area contributed by atoms with Gasteiger partial charge in [-0.2, -0.15) is 4.31 Å². The predicted molar refractivity (Wildman–Crippen MR) is 68.3 cm³/mol. The fraction of sp³-hybridized carbons (Fsp3) is 0.800. The highest BCUT2D eigenvalue weighted by atomic mass is 32.2. The predicted octanol–water partition coefficient (Wildman–Crippen LogP) is 2.66. The van der Waals surface area contributed by atoms with Gasteiger partial charge in [-0.3, -0.25) is 0 Å². The van der Waals surface area contributed by atoms with Gasteiger partial charge in [-0.25, -0.2) is 8.42 Å². The van der Waals surface area contributed by atoms with E-state index < -0.39 is 10.0 Å². The van der Waals surface area contributed by atoms with E-state index in [1.54, 1.807) is 18.8 Å². The van der Waals surface area contributed by atoms with E-state index in [9.17, 15) is 8.42 Å². The summed E-state index contributed by atoms with van der Waals surface area (Å²) in [4.78, 5) is 1.63. The van der Waals surface area contributed by atoms with Gasteiger partial charge < -0.3 is 0 Å². The first kappa shape index (κ1) is 15.0. The number of thioether (sulfide) groups is 1. The second kappa shape index (κ2) is 6.55. The van der Waals surface area contributed by atoms with Crippen molar-refractivity contribution in [2.24, 2.45) is 0 Å². The quantitative estimate of drug-likeness (QED) is 0.774. The molecule has 3 nitrogen and oxygen atoms in total. The van der Waals surface area contributed by atoms with Crippen LogP contribution in [0.4, 0.5) is 0 Å². The van der Waals surface area contributed by atoms with Crippen molar-refractivity contribution in [3.63, 3.8) is 0 Å². The minimum Gasteiger partial charge on any atom is -0.207 e. The third-order valence-corrected chi connectivity index (χ3v) is 5.29. The lowest BCUT2D eigenvalue weighted by Crippen LogP contribution is -2.21. The Hall–Kier alpha value is -0.0000000000000000763. The van der Waals surface area contributed by atoms with Gasteiger partial charge in [0.15, 0.2) is 0 Å². The van der Waals surface area contributed by atoms with Gasteiger partial charge in [0.05, 0.1) is 4.91 Å². The third kappa shape index (κ3) is 3.23. The molecule has 0 atom stereocenters. The summed E-state index contributed by atoms with van der Waals surface area (Å²) in [6.45, 7) is 8.49. The van der Waals surface area contributed by atoms with E-state index >= 15 is 0 Å². The zero-order valence-electron chi connectivity index (χ0n) is 10.2. The number of hydrogen-bond donors (Lipinski definition) is 0. The van der Waals surface area contributed by atoms with Crippen LogP contribution in [0, 0.1) is 0 Å². The summed E-state index contributed by atoms with van der Waals surface area (Å²) >= 11 is 1.64. The summed E-state index contributed by atoms with van der Waals surface area (Å²) in [5.74, 6) is 0.933. The topological polar surface area (TPSA) is 37.4 Å². The van der Waals surface area contributed by atoms with Gasteiger partial charge in [-0.15, -0.1) is 11.8 Å². The molecule has 0 amide bonds. The first-order valence-corrected chi connectivity index (χ1v) is 7.77. The summed E-state index contributed by atoms with van der Waals surface area (Å²) in [6, 6.07) is 0. The Bertz CT molecular complexity index is 320. The molecule has 1 heterocycles. The lowest BCUT2D eigenvalue weighted by atomic mass is 10.4. The Kier molecular flexibility index (Phi) is 6.55. The molecule has 0 aliphatic carbocycles. The van der Waals surface area contributed by atoms with E-state index in [0.29, 0.717) is 17.9 Å². The molecule has 1 aliphatic heterocycles. The zero-order chi connectivity index (χ0) is 12.1. The number of hydrogen-bond acceptors (Lipinski definition) is 3. The van der Waals surface area contributed by atoms with Crippen LogP contribution in [0.5, 0.6) is 0 Å². The average Bonchev–Trinajstić information content (AvgIpc) is 2.41. The van der Waals surface area contributed by atoms with Crippen molar-refractivity contribution in [1.82, 2.24) is 4.31 Å². The van der Waals surface area contributed by atoms with Crippen molar-refractivity contribution < 1.29 is 8.42 Å². The van der Waals surface area contributed by atoms with Crippen molar-refractivity contribution in [1.29, 1.82) is 0 Å². The summed E-state index contributed by atoms with van der Waals surface area (Å²) in [5, 5.41) is 0. The largest absolute Gasteiger partial charge is 0.240 e. The highest BCUT2D eigenvalue weighted by Crippen LogP contribution is 2.34. The van der Waals surface area contributed by atoms with E-state index in [1.807, 2.05) is 27.7 Å². The maximum atomic E-state index is 11.7. The molecule has 1 aliphatic rings. The highest BCUT2D eigenvalue weighted by molar-refractivity contribution is 8.04. The summed E-state index contributed by atoms with van der Waals surface area (Å²) in [5.41, 5.74) is 0. The van der Waals surface area contributed by atoms with E-state index in [4.69, 9.17) is 0 Å². The maximum Gasteiger partial charge on any atom is 0.240 e. The molecule has 0 saturated carbocycles. The minimum atomic E-state index is -3.10.